The molecule has 112 valence electrons. The zero-order valence-electron chi connectivity index (χ0n) is 12.0. The van der Waals surface area contributed by atoms with Crippen molar-refractivity contribution >= 4 is 22.4 Å². The number of nitrogens with one attached hydrogen (secondary N) is 1. The first-order valence-electron chi connectivity index (χ1n) is 6.69. The van der Waals surface area contributed by atoms with E-state index in [4.69, 9.17) is 5.73 Å². The Labute approximate surface area is 127 Å². The number of hydrogen-bond acceptors (Lipinski definition) is 4. The van der Waals surface area contributed by atoms with Gasteiger partial charge in [0.25, 0.3) is 0 Å². The van der Waals surface area contributed by atoms with Gasteiger partial charge in [-0.3, -0.25) is 4.79 Å². The number of nitrogens with two attached hydrogens (primary N) is 1. The number of amides is 1. The molecule has 2 rings (SSSR count). The normalized spacial score (nSPS) is 12.2. The lowest BCUT2D eigenvalue weighted by Gasteiger charge is -2.03. The number of benzene rings is 1. The molecule has 0 aliphatic heterocycles. The van der Waals surface area contributed by atoms with Crippen molar-refractivity contribution in [1.82, 2.24) is 4.98 Å². The van der Waals surface area contributed by atoms with Gasteiger partial charge in [0.15, 0.2) is 5.13 Å². The molecule has 1 aromatic carbocycles. The molecular weight excluding hydrogens is 289 g/mol. The second-order valence-electron chi connectivity index (χ2n) is 5.12. The molecule has 0 radical (unpaired) electrons. The molecule has 3 N–H and O–H groups in total. The van der Waals surface area contributed by atoms with Gasteiger partial charge in [-0.25, -0.2) is 9.37 Å². The first-order chi connectivity index (χ1) is 9.94. The van der Waals surface area contributed by atoms with E-state index in [2.05, 4.69) is 10.3 Å². The van der Waals surface area contributed by atoms with Crippen molar-refractivity contribution in [2.45, 2.75) is 32.7 Å². The molecule has 0 saturated heterocycles. The topological polar surface area (TPSA) is 68.0 Å². The van der Waals surface area contributed by atoms with E-state index in [0.717, 1.165) is 10.4 Å². The van der Waals surface area contributed by atoms with Crippen molar-refractivity contribution in [1.29, 1.82) is 0 Å². The number of rotatable bonds is 5. The lowest BCUT2D eigenvalue weighted by molar-refractivity contribution is -0.116. The minimum Gasteiger partial charge on any atom is -0.327 e. The SMILES string of the molecule is Cc1ccc(Cc2cnc(NC(=O)CC(C)N)s2)cc1F. The Morgan fingerprint density at radius 3 is 2.95 bits per heavy atom. The van der Waals surface area contributed by atoms with Crippen LogP contribution in [0.1, 0.15) is 29.3 Å². The van der Waals surface area contributed by atoms with Crippen molar-refractivity contribution in [3.63, 3.8) is 0 Å². The zero-order valence-corrected chi connectivity index (χ0v) is 12.8. The maximum absolute atomic E-state index is 13.5. The molecule has 1 aromatic heterocycles. The van der Waals surface area contributed by atoms with Crippen LogP contribution in [0, 0.1) is 12.7 Å². The van der Waals surface area contributed by atoms with Gasteiger partial charge in [-0.05, 0) is 31.0 Å². The number of halogens is 1. The molecule has 0 bridgehead atoms. The van der Waals surface area contributed by atoms with Crippen LogP contribution >= 0.6 is 11.3 Å². The summed E-state index contributed by atoms with van der Waals surface area (Å²) in [5, 5.41) is 3.26. The Balaban J connectivity index is 1.99. The van der Waals surface area contributed by atoms with Crippen LogP contribution in [0.2, 0.25) is 0 Å². The fourth-order valence-electron chi connectivity index (χ4n) is 1.86. The van der Waals surface area contributed by atoms with E-state index in [0.29, 0.717) is 17.1 Å². The van der Waals surface area contributed by atoms with E-state index in [1.807, 2.05) is 6.07 Å². The molecule has 0 aliphatic carbocycles. The molecule has 0 aliphatic rings. The summed E-state index contributed by atoms with van der Waals surface area (Å²) >= 11 is 1.39. The lowest BCUT2D eigenvalue weighted by atomic mass is 10.1. The fourth-order valence-corrected chi connectivity index (χ4v) is 2.72. The van der Waals surface area contributed by atoms with Crippen molar-refractivity contribution in [2.75, 3.05) is 5.32 Å². The fraction of sp³-hybridized carbons (Fsp3) is 0.333. The number of carbonyl (C=O) groups is 1. The van der Waals surface area contributed by atoms with Gasteiger partial charge in [0.05, 0.1) is 0 Å². The van der Waals surface area contributed by atoms with Crippen LogP contribution in [0.15, 0.2) is 24.4 Å². The lowest BCUT2D eigenvalue weighted by Crippen LogP contribution is -2.23. The van der Waals surface area contributed by atoms with Crippen molar-refractivity contribution in [3.05, 3.63) is 46.2 Å². The Bertz CT molecular complexity index is 640. The molecule has 6 heteroatoms. The number of anilines is 1. The highest BCUT2D eigenvalue weighted by atomic mass is 32.1. The Morgan fingerprint density at radius 2 is 2.29 bits per heavy atom. The van der Waals surface area contributed by atoms with Crippen LogP contribution in [0.5, 0.6) is 0 Å². The number of carbonyl (C=O) groups excluding carboxylic acids is 1. The summed E-state index contributed by atoms with van der Waals surface area (Å²) in [5.41, 5.74) is 7.08. The largest absolute Gasteiger partial charge is 0.327 e. The van der Waals surface area contributed by atoms with E-state index in [1.165, 1.54) is 17.4 Å². The maximum atomic E-state index is 13.5. The second-order valence-corrected chi connectivity index (χ2v) is 6.24. The highest BCUT2D eigenvalue weighted by Gasteiger charge is 2.09. The minimum absolute atomic E-state index is 0.146. The summed E-state index contributed by atoms with van der Waals surface area (Å²) in [7, 11) is 0. The molecule has 21 heavy (non-hydrogen) atoms. The molecule has 2 aromatic rings. The second kappa shape index (κ2) is 6.78. The monoisotopic (exact) mass is 307 g/mol. The molecular formula is C15H18FN3OS. The Hall–Kier alpha value is -1.79. The summed E-state index contributed by atoms with van der Waals surface area (Å²) in [6, 6.07) is 5.01. The van der Waals surface area contributed by atoms with Gasteiger partial charge in [-0.15, -0.1) is 11.3 Å². The van der Waals surface area contributed by atoms with Gasteiger partial charge in [0.1, 0.15) is 5.82 Å². The molecule has 0 spiro atoms. The van der Waals surface area contributed by atoms with Gasteiger partial charge in [-0.1, -0.05) is 12.1 Å². The van der Waals surface area contributed by atoms with Crippen molar-refractivity contribution < 1.29 is 9.18 Å². The first kappa shape index (κ1) is 15.6. The minimum atomic E-state index is -0.206. The summed E-state index contributed by atoms with van der Waals surface area (Å²) in [4.78, 5) is 16.7. The average molecular weight is 307 g/mol. The van der Waals surface area contributed by atoms with Crippen LogP contribution in [-0.2, 0) is 11.2 Å². The maximum Gasteiger partial charge on any atom is 0.227 e. The van der Waals surface area contributed by atoms with Gasteiger partial charge in [0.2, 0.25) is 5.91 Å². The highest BCUT2D eigenvalue weighted by Crippen LogP contribution is 2.22. The van der Waals surface area contributed by atoms with Gasteiger partial charge < -0.3 is 11.1 Å². The van der Waals surface area contributed by atoms with Crippen LogP contribution in [-0.4, -0.2) is 16.9 Å². The zero-order chi connectivity index (χ0) is 15.4. The van der Waals surface area contributed by atoms with E-state index >= 15 is 0 Å². The van der Waals surface area contributed by atoms with E-state index < -0.39 is 0 Å². The first-order valence-corrected chi connectivity index (χ1v) is 7.51. The molecule has 1 amide bonds. The van der Waals surface area contributed by atoms with Crippen LogP contribution in [0.25, 0.3) is 0 Å². The molecule has 0 fully saturated rings. The summed E-state index contributed by atoms with van der Waals surface area (Å²) in [6.45, 7) is 3.51. The third-order valence-corrected chi connectivity index (χ3v) is 3.83. The third-order valence-electron chi connectivity index (χ3n) is 2.92. The number of hydrogen-bond donors (Lipinski definition) is 2. The van der Waals surface area contributed by atoms with E-state index in [1.54, 1.807) is 26.1 Å². The summed E-state index contributed by atoms with van der Waals surface area (Å²) < 4.78 is 13.5. The number of aryl methyl sites for hydroxylation is 1. The smallest absolute Gasteiger partial charge is 0.227 e. The van der Waals surface area contributed by atoms with Crippen LogP contribution < -0.4 is 11.1 Å². The van der Waals surface area contributed by atoms with E-state index in [-0.39, 0.29) is 24.2 Å². The van der Waals surface area contributed by atoms with Gasteiger partial charge in [0, 0.05) is 30.0 Å². The summed E-state index contributed by atoms with van der Waals surface area (Å²) in [6.07, 6.45) is 2.56. The predicted molar refractivity (Wildman–Crippen MR) is 83.0 cm³/mol. The van der Waals surface area contributed by atoms with Crippen LogP contribution in [0.4, 0.5) is 9.52 Å². The van der Waals surface area contributed by atoms with Crippen LogP contribution in [0.3, 0.4) is 0 Å². The standard InChI is InChI=1S/C15H18FN3OS/c1-9-3-4-11(7-13(9)16)6-12-8-18-15(21-12)19-14(20)5-10(2)17/h3-4,7-8,10H,5-6,17H2,1-2H3,(H,18,19,20). The van der Waals surface area contributed by atoms with Crippen molar-refractivity contribution in [2.24, 2.45) is 5.73 Å². The quantitative estimate of drug-likeness (QED) is 0.892. The molecule has 1 unspecified atom stereocenters. The average Bonchev–Trinajstić information content (AvgIpc) is 2.80. The molecule has 1 heterocycles. The van der Waals surface area contributed by atoms with Crippen molar-refractivity contribution in [3.8, 4) is 0 Å². The Morgan fingerprint density at radius 1 is 1.52 bits per heavy atom. The van der Waals surface area contributed by atoms with Gasteiger partial charge in [-0.2, -0.15) is 0 Å². The number of nitrogens with zero attached hydrogens (tertiary/aromatic N) is 1. The third kappa shape index (κ3) is 4.61. The van der Waals surface area contributed by atoms with Gasteiger partial charge >= 0.3 is 0 Å². The molecule has 1 atom stereocenters. The summed E-state index contributed by atoms with van der Waals surface area (Å²) in [5.74, 6) is -0.352. The highest BCUT2D eigenvalue weighted by molar-refractivity contribution is 7.15. The number of aromatic nitrogens is 1. The predicted octanol–water partition coefficient (Wildman–Crippen LogP) is 2.86. The van der Waals surface area contributed by atoms with E-state index in [9.17, 15) is 9.18 Å². The number of thiazole rings is 1. The molecule has 4 nitrogen and oxygen atoms in total. The molecule has 0 saturated carbocycles. The Kier molecular flexibility index (Phi) is 5.03.